The molecule has 0 aromatic heterocycles. The van der Waals surface area contributed by atoms with Crippen LogP contribution in [0, 0.1) is 17.8 Å². The average Bonchev–Trinajstić information content (AvgIpc) is 2.93. The highest BCUT2D eigenvalue weighted by atomic mass is 32.1. The van der Waals surface area contributed by atoms with E-state index in [1.54, 1.807) is 0 Å². The van der Waals surface area contributed by atoms with E-state index in [0.717, 1.165) is 37.9 Å². The van der Waals surface area contributed by atoms with Crippen molar-refractivity contribution in [3.05, 3.63) is 0 Å². The highest BCUT2D eigenvalue weighted by Gasteiger charge is 2.52. The van der Waals surface area contributed by atoms with Crippen molar-refractivity contribution in [2.75, 3.05) is 13.2 Å². The van der Waals surface area contributed by atoms with Gasteiger partial charge in [0.25, 0.3) is 0 Å². The average molecular weight is 357 g/mol. The Labute approximate surface area is 153 Å². The molecule has 2 saturated carbocycles. The maximum absolute atomic E-state index is 6.50. The van der Waals surface area contributed by atoms with Crippen LogP contribution in [-0.4, -0.2) is 42.9 Å². The molecular formula is C20H36O3S. The Hall–Kier alpha value is 0.230. The lowest BCUT2D eigenvalue weighted by molar-refractivity contribution is -0.0630. The molecule has 7 unspecified atom stereocenters. The second-order valence-corrected chi connectivity index (χ2v) is 8.97. The van der Waals surface area contributed by atoms with Crippen molar-refractivity contribution in [2.45, 2.75) is 95.4 Å². The monoisotopic (exact) mass is 356 g/mol. The predicted octanol–water partition coefficient (Wildman–Crippen LogP) is 4.49. The maximum Gasteiger partial charge on any atom is 0.0751 e. The second kappa shape index (κ2) is 8.75. The van der Waals surface area contributed by atoms with Crippen LogP contribution in [0.1, 0.15) is 65.7 Å². The minimum atomic E-state index is 0.236. The molecule has 7 atom stereocenters. The smallest absolute Gasteiger partial charge is 0.0751 e. The van der Waals surface area contributed by atoms with Gasteiger partial charge in [-0.3, -0.25) is 0 Å². The Bertz CT molecular complexity index is 389. The van der Waals surface area contributed by atoms with Crippen molar-refractivity contribution in [1.29, 1.82) is 0 Å². The molecule has 0 N–H and O–H groups in total. The van der Waals surface area contributed by atoms with Crippen molar-refractivity contribution >= 4 is 12.6 Å². The van der Waals surface area contributed by atoms with E-state index in [2.05, 4.69) is 20.8 Å². The molecular weight excluding hydrogens is 320 g/mol. The van der Waals surface area contributed by atoms with Crippen LogP contribution in [0.4, 0.5) is 0 Å². The molecule has 0 aromatic rings. The summed E-state index contributed by atoms with van der Waals surface area (Å²) in [5.41, 5.74) is 0. The third-order valence-electron chi connectivity index (χ3n) is 6.26. The molecule has 1 saturated heterocycles. The second-order valence-electron chi connectivity index (χ2n) is 8.37. The maximum atomic E-state index is 6.50. The molecule has 0 bridgehead atoms. The highest BCUT2D eigenvalue weighted by Crippen LogP contribution is 2.49. The molecule has 0 aromatic carbocycles. The molecule has 0 radical (unpaired) electrons. The van der Waals surface area contributed by atoms with Crippen molar-refractivity contribution in [1.82, 2.24) is 0 Å². The highest BCUT2D eigenvalue weighted by molar-refractivity contribution is 7.81. The van der Waals surface area contributed by atoms with E-state index in [4.69, 9.17) is 26.8 Å². The molecule has 3 fully saturated rings. The van der Waals surface area contributed by atoms with Gasteiger partial charge in [0.1, 0.15) is 0 Å². The van der Waals surface area contributed by atoms with Crippen molar-refractivity contribution in [3.8, 4) is 0 Å². The van der Waals surface area contributed by atoms with Crippen LogP contribution in [0.3, 0.4) is 0 Å². The Morgan fingerprint density at radius 1 is 1.08 bits per heavy atom. The van der Waals surface area contributed by atoms with Gasteiger partial charge in [0, 0.05) is 19.6 Å². The summed E-state index contributed by atoms with van der Waals surface area (Å²) in [6, 6.07) is 0. The van der Waals surface area contributed by atoms with Gasteiger partial charge in [0.2, 0.25) is 0 Å². The quantitative estimate of drug-likeness (QED) is 0.538. The molecule has 3 nitrogen and oxygen atoms in total. The molecule has 0 amide bonds. The van der Waals surface area contributed by atoms with E-state index < -0.39 is 0 Å². The van der Waals surface area contributed by atoms with Gasteiger partial charge in [-0.25, -0.2) is 0 Å². The van der Waals surface area contributed by atoms with Gasteiger partial charge in [-0.05, 0) is 63.2 Å². The van der Waals surface area contributed by atoms with Gasteiger partial charge in [-0.15, -0.1) is 0 Å². The fraction of sp³-hybridized carbons (Fsp3) is 1.00. The number of ether oxygens (including phenoxy) is 3. The first kappa shape index (κ1) is 19.0. The molecule has 1 heterocycles. The summed E-state index contributed by atoms with van der Waals surface area (Å²) in [6.45, 7) is 8.32. The van der Waals surface area contributed by atoms with E-state index in [9.17, 15) is 0 Å². The van der Waals surface area contributed by atoms with Gasteiger partial charge in [0.15, 0.2) is 0 Å². The van der Waals surface area contributed by atoms with Crippen LogP contribution in [0.15, 0.2) is 0 Å². The minimum Gasteiger partial charge on any atom is -0.378 e. The largest absolute Gasteiger partial charge is 0.378 e. The zero-order chi connectivity index (χ0) is 17.1. The summed E-state index contributed by atoms with van der Waals surface area (Å²) in [5.74, 6) is 2.19. The molecule has 140 valence electrons. The SMILES string of the molecule is CCOC1CCC2C3CCC(OCCCC(C)C)CC3OC2C1S. The summed E-state index contributed by atoms with van der Waals surface area (Å²) in [6.07, 6.45) is 9.73. The van der Waals surface area contributed by atoms with Gasteiger partial charge >= 0.3 is 0 Å². The first-order valence-corrected chi connectivity index (χ1v) is 10.7. The van der Waals surface area contributed by atoms with E-state index in [1.165, 1.54) is 32.1 Å². The van der Waals surface area contributed by atoms with Gasteiger partial charge < -0.3 is 14.2 Å². The number of hydrogen-bond donors (Lipinski definition) is 1. The lowest BCUT2D eigenvalue weighted by Crippen LogP contribution is -2.44. The molecule has 2 aliphatic carbocycles. The van der Waals surface area contributed by atoms with Crippen LogP contribution in [0.5, 0.6) is 0 Å². The van der Waals surface area contributed by atoms with Gasteiger partial charge in [0.05, 0.1) is 29.7 Å². The lowest BCUT2D eigenvalue weighted by atomic mass is 9.72. The molecule has 4 heteroatoms. The molecule has 24 heavy (non-hydrogen) atoms. The van der Waals surface area contributed by atoms with Crippen LogP contribution >= 0.6 is 12.6 Å². The van der Waals surface area contributed by atoms with Crippen LogP contribution in [-0.2, 0) is 14.2 Å². The third-order valence-corrected chi connectivity index (χ3v) is 6.89. The third kappa shape index (κ3) is 4.31. The van der Waals surface area contributed by atoms with Crippen molar-refractivity contribution in [2.24, 2.45) is 17.8 Å². The van der Waals surface area contributed by atoms with E-state index in [-0.39, 0.29) is 17.5 Å². The summed E-state index contributed by atoms with van der Waals surface area (Å²) in [5, 5.41) is 0.236. The first-order chi connectivity index (χ1) is 11.6. The summed E-state index contributed by atoms with van der Waals surface area (Å²) in [7, 11) is 0. The Balaban J connectivity index is 1.48. The zero-order valence-electron chi connectivity index (χ0n) is 15.7. The van der Waals surface area contributed by atoms with E-state index >= 15 is 0 Å². The van der Waals surface area contributed by atoms with Crippen LogP contribution in [0.2, 0.25) is 0 Å². The van der Waals surface area contributed by atoms with E-state index in [0.29, 0.717) is 18.1 Å². The number of fused-ring (bicyclic) bond motifs is 3. The number of thiol groups is 1. The fourth-order valence-electron chi connectivity index (χ4n) is 5.05. The van der Waals surface area contributed by atoms with Crippen molar-refractivity contribution < 1.29 is 14.2 Å². The zero-order valence-corrected chi connectivity index (χ0v) is 16.5. The van der Waals surface area contributed by atoms with Crippen molar-refractivity contribution in [3.63, 3.8) is 0 Å². The van der Waals surface area contributed by atoms with Gasteiger partial charge in [-0.2, -0.15) is 12.6 Å². The normalized spacial score (nSPS) is 42.1. The lowest BCUT2D eigenvalue weighted by Gasteiger charge is -2.38. The molecule has 3 rings (SSSR count). The topological polar surface area (TPSA) is 27.7 Å². The fourth-order valence-corrected chi connectivity index (χ4v) is 5.58. The Morgan fingerprint density at radius 3 is 2.62 bits per heavy atom. The molecule has 1 aliphatic heterocycles. The first-order valence-electron chi connectivity index (χ1n) is 10.2. The summed E-state index contributed by atoms with van der Waals surface area (Å²) < 4.78 is 18.5. The molecule has 0 spiro atoms. The molecule has 3 aliphatic rings. The Kier molecular flexibility index (Phi) is 6.93. The van der Waals surface area contributed by atoms with Gasteiger partial charge in [-0.1, -0.05) is 13.8 Å². The Morgan fingerprint density at radius 2 is 1.88 bits per heavy atom. The summed E-state index contributed by atoms with van der Waals surface area (Å²) >= 11 is 4.87. The summed E-state index contributed by atoms with van der Waals surface area (Å²) in [4.78, 5) is 0. The van der Waals surface area contributed by atoms with Crippen LogP contribution < -0.4 is 0 Å². The number of rotatable bonds is 7. The number of hydrogen-bond acceptors (Lipinski definition) is 4. The standard InChI is InChI=1S/C20H36O3S/c1-4-21-17-10-9-16-15-8-7-14(22-11-5-6-13(2)3)12-18(15)23-19(16)20(17)24/h13-20,24H,4-12H2,1-3H3. The van der Waals surface area contributed by atoms with Crippen LogP contribution in [0.25, 0.3) is 0 Å². The predicted molar refractivity (Wildman–Crippen MR) is 101 cm³/mol. The van der Waals surface area contributed by atoms with E-state index in [1.807, 2.05) is 0 Å². The minimum absolute atomic E-state index is 0.236.